The standard InChI is InChI=1S/C16H20ClN3O/c1-10-5-6-14(17)9-15(10)18-16(21)8-13(4)20-12(3)7-11(2)19-20/h5-7,9,13H,8H2,1-4H3,(H,18,21). The number of benzene rings is 1. The van der Waals surface area contributed by atoms with Crippen LogP contribution in [0.25, 0.3) is 0 Å². The zero-order valence-corrected chi connectivity index (χ0v) is 13.5. The van der Waals surface area contributed by atoms with Gasteiger partial charge in [0.2, 0.25) is 5.91 Å². The van der Waals surface area contributed by atoms with Crippen molar-refractivity contribution in [3.63, 3.8) is 0 Å². The van der Waals surface area contributed by atoms with Gasteiger partial charge in [-0.1, -0.05) is 17.7 Å². The first kappa shape index (κ1) is 15.6. The first-order valence-corrected chi connectivity index (χ1v) is 7.33. The topological polar surface area (TPSA) is 46.9 Å². The van der Waals surface area contributed by atoms with Gasteiger partial charge in [0, 0.05) is 22.8 Å². The molecule has 1 N–H and O–H groups in total. The predicted molar refractivity (Wildman–Crippen MR) is 85.8 cm³/mol. The number of nitrogens with one attached hydrogen (secondary N) is 1. The fraction of sp³-hybridized carbons (Fsp3) is 0.375. The summed E-state index contributed by atoms with van der Waals surface area (Å²) in [5.41, 5.74) is 3.77. The van der Waals surface area contributed by atoms with Crippen molar-refractivity contribution >= 4 is 23.2 Å². The first-order chi connectivity index (χ1) is 9.86. The molecule has 1 amide bonds. The summed E-state index contributed by atoms with van der Waals surface area (Å²) in [5.74, 6) is -0.0413. The maximum absolute atomic E-state index is 12.2. The molecule has 0 fully saturated rings. The average molecular weight is 306 g/mol. The second-order valence-corrected chi connectivity index (χ2v) is 5.87. The van der Waals surface area contributed by atoms with Crippen molar-refractivity contribution in [1.29, 1.82) is 0 Å². The molecule has 4 nitrogen and oxygen atoms in total. The molecule has 5 heteroatoms. The van der Waals surface area contributed by atoms with Crippen LogP contribution in [0.1, 0.15) is 36.3 Å². The normalized spacial score (nSPS) is 12.2. The fourth-order valence-electron chi connectivity index (χ4n) is 2.38. The molecule has 2 aromatic rings. The van der Waals surface area contributed by atoms with Gasteiger partial charge < -0.3 is 5.32 Å². The lowest BCUT2D eigenvalue weighted by molar-refractivity contribution is -0.116. The van der Waals surface area contributed by atoms with Gasteiger partial charge in [-0.2, -0.15) is 5.10 Å². The molecule has 0 aliphatic rings. The van der Waals surface area contributed by atoms with E-state index in [1.165, 1.54) is 0 Å². The van der Waals surface area contributed by atoms with Gasteiger partial charge in [0.15, 0.2) is 0 Å². The van der Waals surface area contributed by atoms with Crippen LogP contribution in [-0.4, -0.2) is 15.7 Å². The van der Waals surface area contributed by atoms with E-state index in [9.17, 15) is 4.79 Å². The van der Waals surface area contributed by atoms with Crippen LogP contribution in [0.3, 0.4) is 0 Å². The molecule has 0 saturated carbocycles. The Labute approximate surface area is 130 Å². The number of nitrogens with zero attached hydrogens (tertiary/aromatic N) is 2. The van der Waals surface area contributed by atoms with E-state index in [-0.39, 0.29) is 11.9 Å². The molecule has 2 rings (SSSR count). The minimum atomic E-state index is -0.0413. The molecule has 1 aromatic carbocycles. The Morgan fingerprint density at radius 3 is 2.67 bits per heavy atom. The summed E-state index contributed by atoms with van der Waals surface area (Å²) in [6.45, 7) is 7.88. The Balaban J connectivity index is 2.04. The van der Waals surface area contributed by atoms with Crippen molar-refractivity contribution in [3.05, 3.63) is 46.2 Å². The molecule has 0 bridgehead atoms. The average Bonchev–Trinajstić information content (AvgIpc) is 2.73. The zero-order valence-electron chi connectivity index (χ0n) is 12.8. The number of anilines is 1. The summed E-state index contributed by atoms with van der Waals surface area (Å²) in [4.78, 5) is 12.2. The molecule has 0 aliphatic carbocycles. The van der Waals surface area contributed by atoms with Crippen molar-refractivity contribution < 1.29 is 4.79 Å². The maximum atomic E-state index is 12.2. The van der Waals surface area contributed by atoms with Gasteiger partial charge in [-0.25, -0.2) is 0 Å². The molecule has 1 heterocycles. The van der Waals surface area contributed by atoms with E-state index >= 15 is 0 Å². The summed E-state index contributed by atoms with van der Waals surface area (Å²) in [6.07, 6.45) is 0.369. The molecule has 0 aliphatic heterocycles. The summed E-state index contributed by atoms with van der Waals surface area (Å²) in [5, 5.41) is 7.94. The zero-order chi connectivity index (χ0) is 15.6. The number of rotatable bonds is 4. The number of aryl methyl sites for hydroxylation is 3. The molecule has 1 unspecified atom stereocenters. The van der Waals surface area contributed by atoms with Crippen molar-refractivity contribution in [2.24, 2.45) is 0 Å². The van der Waals surface area contributed by atoms with Gasteiger partial charge in [-0.15, -0.1) is 0 Å². The van der Waals surface area contributed by atoms with Crippen LogP contribution in [0.2, 0.25) is 5.02 Å². The molecular weight excluding hydrogens is 286 g/mol. The lowest BCUT2D eigenvalue weighted by atomic mass is 10.1. The van der Waals surface area contributed by atoms with E-state index in [2.05, 4.69) is 10.4 Å². The molecule has 1 atom stereocenters. The summed E-state index contributed by atoms with van der Waals surface area (Å²) >= 11 is 5.96. The molecule has 112 valence electrons. The highest BCUT2D eigenvalue weighted by atomic mass is 35.5. The van der Waals surface area contributed by atoms with Gasteiger partial charge in [-0.05, 0) is 51.5 Å². The lowest BCUT2D eigenvalue weighted by Gasteiger charge is -2.15. The van der Waals surface area contributed by atoms with E-state index in [0.717, 1.165) is 22.6 Å². The third-order valence-corrected chi connectivity index (χ3v) is 3.65. The summed E-state index contributed by atoms with van der Waals surface area (Å²) < 4.78 is 1.89. The lowest BCUT2D eigenvalue weighted by Crippen LogP contribution is -2.19. The second kappa shape index (κ2) is 6.31. The second-order valence-electron chi connectivity index (χ2n) is 5.43. The minimum absolute atomic E-state index is 0.0122. The number of halogens is 1. The van der Waals surface area contributed by atoms with Gasteiger partial charge >= 0.3 is 0 Å². The highest BCUT2D eigenvalue weighted by Gasteiger charge is 2.14. The highest BCUT2D eigenvalue weighted by Crippen LogP contribution is 2.21. The van der Waals surface area contributed by atoms with Crippen LogP contribution in [-0.2, 0) is 4.79 Å². The van der Waals surface area contributed by atoms with Crippen LogP contribution in [0.4, 0.5) is 5.69 Å². The van der Waals surface area contributed by atoms with E-state index in [1.807, 2.05) is 50.6 Å². The predicted octanol–water partition coefficient (Wildman–Crippen LogP) is 4.05. The molecule has 0 spiro atoms. The van der Waals surface area contributed by atoms with Gasteiger partial charge in [-0.3, -0.25) is 9.48 Å². The fourth-order valence-corrected chi connectivity index (χ4v) is 2.55. The Morgan fingerprint density at radius 2 is 2.05 bits per heavy atom. The first-order valence-electron chi connectivity index (χ1n) is 6.95. The Hall–Kier alpha value is -1.81. The van der Waals surface area contributed by atoms with Crippen molar-refractivity contribution in [2.75, 3.05) is 5.32 Å². The third kappa shape index (κ3) is 3.85. The molecule has 0 radical (unpaired) electrons. The summed E-state index contributed by atoms with van der Waals surface area (Å²) in [6, 6.07) is 7.49. The van der Waals surface area contributed by atoms with Crippen LogP contribution in [0.5, 0.6) is 0 Å². The van der Waals surface area contributed by atoms with Gasteiger partial charge in [0.25, 0.3) is 0 Å². The van der Waals surface area contributed by atoms with Crippen molar-refractivity contribution in [1.82, 2.24) is 9.78 Å². The van der Waals surface area contributed by atoms with Crippen LogP contribution < -0.4 is 5.32 Å². The number of hydrogen-bond donors (Lipinski definition) is 1. The van der Waals surface area contributed by atoms with Crippen LogP contribution >= 0.6 is 11.6 Å². The molecule has 21 heavy (non-hydrogen) atoms. The largest absolute Gasteiger partial charge is 0.326 e. The van der Waals surface area contributed by atoms with Crippen molar-refractivity contribution in [2.45, 2.75) is 40.2 Å². The Bertz CT molecular complexity index is 664. The minimum Gasteiger partial charge on any atom is -0.326 e. The Morgan fingerprint density at radius 1 is 1.33 bits per heavy atom. The maximum Gasteiger partial charge on any atom is 0.226 e. The number of carbonyl (C=O) groups excluding carboxylic acids is 1. The molecule has 1 aromatic heterocycles. The monoisotopic (exact) mass is 305 g/mol. The quantitative estimate of drug-likeness (QED) is 0.926. The van der Waals surface area contributed by atoms with E-state index in [4.69, 9.17) is 11.6 Å². The Kier molecular flexibility index (Phi) is 4.68. The smallest absolute Gasteiger partial charge is 0.226 e. The van der Waals surface area contributed by atoms with Gasteiger partial charge in [0.05, 0.1) is 11.7 Å². The number of aromatic nitrogens is 2. The third-order valence-electron chi connectivity index (χ3n) is 3.42. The molecular formula is C16H20ClN3O. The van der Waals surface area contributed by atoms with E-state index in [0.29, 0.717) is 11.4 Å². The van der Waals surface area contributed by atoms with Crippen molar-refractivity contribution in [3.8, 4) is 0 Å². The number of carbonyl (C=O) groups is 1. The SMILES string of the molecule is Cc1cc(C)n(C(C)CC(=O)Nc2cc(Cl)ccc2C)n1. The highest BCUT2D eigenvalue weighted by molar-refractivity contribution is 6.31. The molecule has 0 saturated heterocycles. The van der Waals surface area contributed by atoms with Crippen LogP contribution in [0, 0.1) is 20.8 Å². The van der Waals surface area contributed by atoms with Gasteiger partial charge in [0.1, 0.15) is 0 Å². The number of hydrogen-bond acceptors (Lipinski definition) is 2. The van der Waals surface area contributed by atoms with Crippen LogP contribution in [0.15, 0.2) is 24.3 Å². The number of amides is 1. The van der Waals surface area contributed by atoms with E-state index < -0.39 is 0 Å². The summed E-state index contributed by atoms with van der Waals surface area (Å²) in [7, 11) is 0. The van der Waals surface area contributed by atoms with E-state index in [1.54, 1.807) is 6.07 Å².